The van der Waals surface area contributed by atoms with Crippen LogP contribution in [0.4, 0.5) is 44.9 Å². The van der Waals surface area contributed by atoms with Gasteiger partial charge in [0.05, 0.1) is 6.61 Å². The maximum atomic E-state index is 13.9. The zero-order chi connectivity index (χ0) is 21.4. The Morgan fingerprint density at radius 1 is 0.964 bits per heavy atom. The number of anilines is 1. The summed E-state index contributed by atoms with van der Waals surface area (Å²) in [4.78, 5) is 0. The van der Waals surface area contributed by atoms with Gasteiger partial charge < -0.3 is 22.0 Å². The molecule has 3 rings (SSSR count). The smallest absolute Gasteiger partial charge is 0.418 e. The van der Waals surface area contributed by atoms with Crippen molar-refractivity contribution in [2.45, 2.75) is 19.9 Å². The summed E-state index contributed by atoms with van der Waals surface area (Å²) in [6.45, 7) is 4.47. The van der Waals surface area contributed by atoms with Crippen molar-refractivity contribution in [2.75, 3.05) is 24.9 Å². The monoisotopic (exact) mass is 423 g/mol. The van der Waals surface area contributed by atoms with Gasteiger partial charge in [-0.15, -0.1) is 0 Å². The number of ether oxygens (including phenoxy) is 1. The van der Waals surface area contributed by atoms with E-state index in [1.54, 1.807) is 0 Å². The number of hydrogen-bond acceptors (Lipinski definition) is 3. The van der Waals surface area contributed by atoms with E-state index >= 15 is 0 Å². The van der Waals surface area contributed by atoms with Crippen LogP contribution in [-0.2, 0) is 4.74 Å². The highest BCUT2D eigenvalue weighted by atomic mass is 19.5. The van der Waals surface area contributed by atoms with Crippen molar-refractivity contribution in [3.05, 3.63) is 29.1 Å². The summed E-state index contributed by atoms with van der Waals surface area (Å²) in [5.74, 6) is -9.12. The Labute approximate surface area is 153 Å². The Kier molecular flexibility index (Phi) is 6.41. The molecule has 28 heavy (non-hydrogen) atoms. The summed E-state index contributed by atoms with van der Waals surface area (Å²) >= 11 is 0. The van der Waals surface area contributed by atoms with Crippen molar-refractivity contribution in [3.8, 4) is 0 Å². The SMILES string of the molecule is CC(C)[C@H]1COCC2=[N+]1CN(c1c(F)c(F)c(F)c(F)c1F)N2.F[B-](F)(F)F. The fourth-order valence-corrected chi connectivity index (χ4v) is 2.79. The topological polar surface area (TPSA) is 27.5 Å². The number of hydrogen-bond donors (Lipinski definition) is 1. The lowest BCUT2D eigenvalue weighted by molar-refractivity contribution is -0.577. The van der Waals surface area contributed by atoms with Crippen molar-refractivity contribution in [2.24, 2.45) is 5.92 Å². The first-order valence-electron chi connectivity index (χ1n) is 7.96. The first-order chi connectivity index (χ1) is 12.8. The minimum absolute atomic E-state index is 0.0418. The summed E-state index contributed by atoms with van der Waals surface area (Å²) in [7, 11) is -6.00. The normalized spacial score (nSPS) is 19.4. The number of nitrogens with one attached hydrogen (secondary N) is 1. The van der Waals surface area contributed by atoms with Gasteiger partial charge in [-0.3, -0.25) is 0 Å². The number of rotatable bonds is 2. The van der Waals surface area contributed by atoms with E-state index in [-0.39, 0.29) is 25.2 Å². The van der Waals surface area contributed by atoms with Crippen LogP contribution >= 0.6 is 0 Å². The molecule has 0 saturated carbocycles. The first-order valence-corrected chi connectivity index (χ1v) is 7.96. The second-order valence-electron chi connectivity index (χ2n) is 6.34. The number of benzene rings is 1. The van der Waals surface area contributed by atoms with Crippen molar-refractivity contribution in [3.63, 3.8) is 0 Å². The zero-order valence-electron chi connectivity index (χ0n) is 14.6. The predicted molar refractivity (Wildman–Crippen MR) is 81.6 cm³/mol. The summed E-state index contributed by atoms with van der Waals surface area (Å²) in [5.41, 5.74) is 1.67. The Morgan fingerprint density at radius 3 is 1.89 bits per heavy atom. The van der Waals surface area contributed by atoms with Crippen LogP contribution in [0, 0.1) is 35.0 Å². The van der Waals surface area contributed by atoms with Crippen LogP contribution in [-0.4, -0.2) is 43.6 Å². The molecule has 0 aliphatic carbocycles. The molecule has 1 N–H and O–H groups in total. The van der Waals surface area contributed by atoms with Crippen LogP contribution in [0.25, 0.3) is 0 Å². The van der Waals surface area contributed by atoms with Gasteiger partial charge in [-0.05, 0) is 5.92 Å². The predicted octanol–water partition coefficient (Wildman–Crippen LogP) is 3.43. The first kappa shape index (κ1) is 22.2. The number of hydrazine groups is 1. The van der Waals surface area contributed by atoms with Gasteiger partial charge in [0, 0.05) is 0 Å². The fraction of sp³-hybridized carbons (Fsp3) is 0.500. The molecule has 14 heteroatoms. The van der Waals surface area contributed by atoms with Crippen molar-refractivity contribution in [1.82, 2.24) is 5.43 Å². The van der Waals surface area contributed by atoms with Gasteiger partial charge in [0.25, 0.3) is 5.84 Å². The minimum Gasteiger partial charge on any atom is -0.418 e. The molecule has 158 valence electrons. The number of nitrogens with zero attached hydrogens (tertiary/aromatic N) is 2. The second-order valence-corrected chi connectivity index (χ2v) is 6.34. The quantitative estimate of drug-likeness (QED) is 0.260. The van der Waals surface area contributed by atoms with Crippen LogP contribution in [0.1, 0.15) is 13.8 Å². The largest absolute Gasteiger partial charge is 0.673 e. The van der Waals surface area contributed by atoms with Gasteiger partial charge in [-0.2, -0.15) is 10.4 Å². The summed E-state index contributed by atoms with van der Waals surface area (Å²) in [6.07, 6.45) is 0. The van der Waals surface area contributed by atoms with Gasteiger partial charge in [-0.1, -0.05) is 13.8 Å². The standard InChI is InChI=1S/C14H14F5N3O.BF4/c1-6(2)7-3-23-4-8-20-22(5-21(7)8)14-12(18)10(16)9(15)11(17)13(14)19;2-1(3,4)5/h6-7H,3-5H2,1-2H3;/q;-1/p+1/t7-;/m1./s1. The van der Waals surface area contributed by atoms with Gasteiger partial charge in [0.1, 0.15) is 12.6 Å². The van der Waals surface area contributed by atoms with E-state index in [0.717, 1.165) is 5.01 Å². The van der Waals surface area contributed by atoms with Crippen LogP contribution < -0.4 is 10.4 Å². The molecule has 2 heterocycles. The minimum atomic E-state index is -6.00. The maximum Gasteiger partial charge on any atom is 0.673 e. The highest BCUT2D eigenvalue weighted by molar-refractivity contribution is 6.50. The van der Waals surface area contributed by atoms with E-state index in [1.165, 1.54) is 0 Å². The van der Waals surface area contributed by atoms with E-state index < -0.39 is 42.0 Å². The summed E-state index contributed by atoms with van der Waals surface area (Å²) in [6, 6.07) is -0.0579. The van der Waals surface area contributed by atoms with Crippen LogP contribution in [0.5, 0.6) is 0 Å². The summed E-state index contributed by atoms with van der Waals surface area (Å²) in [5, 5.41) is 0.912. The van der Waals surface area contributed by atoms with E-state index in [2.05, 4.69) is 5.43 Å². The Morgan fingerprint density at radius 2 is 1.43 bits per heavy atom. The highest BCUT2D eigenvalue weighted by Crippen LogP contribution is 2.31. The molecule has 0 unspecified atom stereocenters. The molecule has 0 saturated heterocycles. The lowest BCUT2D eigenvalue weighted by atomic mass is 10.0. The molecule has 1 aromatic rings. The molecule has 0 fully saturated rings. The third-order valence-corrected chi connectivity index (χ3v) is 4.06. The van der Waals surface area contributed by atoms with Crippen molar-refractivity contribution < 1.29 is 48.5 Å². The average Bonchev–Trinajstić information content (AvgIpc) is 3.00. The second kappa shape index (κ2) is 8.09. The van der Waals surface area contributed by atoms with Crippen molar-refractivity contribution in [1.29, 1.82) is 0 Å². The molecule has 1 aromatic carbocycles. The Hall–Kier alpha value is -2.12. The fourth-order valence-electron chi connectivity index (χ4n) is 2.79. The lowest BCUT2D eigenvalue weighted by Gasteiger charge is -2.24. The molecule has 1 atom stereocenters. The Bertz CT molecular complexity index is 749. The van der Waals surface area contributed by atoms with E-state index in [1.807, 2.05) is 18.4 Å². The third kappa shape index (κ3) is 4.65. The van der Waals surface area contributed by atoms with Crippen LogP contribution in [0.2, 0.25) is 0 Å². The van der Waals surface area contributed by atoms with E-state index in [9.17, 15) is 39.2 Å². The van der Waals surface area contributed by atoms with Crippen LogP contribution in [0.3, 0.4) is 0 Å². The molecule has 0 radical (unpaired) electrons. The number of halogens is 9. The van der Waals surface area contributed by atoms with Gasteiger partial charge >= 0.3 is 7.25 Å². The van der Waals surface area contributed by atoms with E-state index in [0.29, 0.717) is 12.4 Å². The van der Waals surface area contributed by atoms with Gasteiger partial charge in [-0.25, -0.2) is 26.5 Å². The molecular weight excluding hydrogens is 408 g/mol. The molecule has 4 nitrogen and oxygen atoms in total. The van der Waals surface area contributed by atoms with Gasteiger partial charge in [0.2, 0.25) is 5.82 Å². The Balaban J connectivity index is 0.000000500. The van der Waals surface area contributed by atoms with E-state index in [4.69, 9.17) is 4.74 Å². The average molecular weight is 423 g/mol. The molecule has 0 bridgehead atoms. The molecule has 0 spiro atoms. The molecule has 0 aromatic heterocycles. The molecule has 0 amide bonds. The third-order valence-electron chi connectivity index (χ3n) is 4.06. The van der Waals surface area contributed by atoms with Gasteiger partial charge in [0.15, 0.2) is 35.6 Å². The van der Waals surface area contributed by atoms with Crippen LogP contribution in [0.15, 0.2) is 0 Å². The zero-order valence-corrected chi connectivity index (χ0v) is 14.6. The van der Waals surface area contributed by atoms with Crippen molar-refractivity contribution >= 4 is 18.8 Å². The molecule has 2 aliphatic heterocycles. The molecular formula is C14H15BF9N3O. The molecule has 2 aliphatic rings. The maximum absolute atomic E-state index is 13.9. The summed E-state index contributed by atoms with van der Waals surface area (Å²) < 4.78 is 114. The number of amidine groups is 1. The lowest BCUT2D eigenvalue weighted by Crippen LogP contribution is -2.44. The highest BCUT2D eigenvalue weighted by Gasteiger charge is 2.41.